The number of carbonyl (C=O) groups excluding carboxylic acids is 2. The number of likely N-dealkylation sites (tertiary alicyclic amines) is 1. The van der Waals surface area contributed by atoms with Crippen LogP contribution in [0.5, 0.6) is 0 Å². The van der Waals surface area contributed by atoms with E-state index in [1.54, 1.807) is 6.92 Å². The summed E-state index contributed by atoms with van der Waals surface area (Å²) >= 11 is 1.15. The van der Waals surface area contributed by atoms with Crippen LogP contribution in [0.3, 0.4) is 0 Å². The number of benzene rings is 1. The second kappa shape index (κ2) is 8.14. The van der Waals surface area contributed by atoms with Crippen molar-refractivity contribution in [3.63, 3.8) is 0 Å². The fourth-order valence-corrected chi connectivity index (χ4v) is 3.27. The van der Waals surface area contributed by atoms with Gasteiger partial charge in [-0.25, -0.2) is 9.18 Å². The van der Waals surface area contributed by atoms with Crippen LogP contribution in [0.25, 0.3) is 0 Å². The maximum Gasteiger partial charge on any atom is 0.326 e. The quantitative estimate of drug-likeness (QED) is 0.815. The van der Waals surface area contributed by atoms with E-state index >= 15 is 0 Å². The minimum Gasteiger partial charge on any atom is -0.480 e. The van der Waals surface area contributed by atoms with Crippen molar-refractivity contribution in [3.05, 3.63) is 30.1 Å². The molecule has 6 nitrogen and oxygen atoms in total. The summed E-state index contributed by atoms with van der Waals surface area (Å²) in [6.45, 7) is 2.10. The molecule has 0 aromatic heterocycles. The molecule has 2 N–H and O–H groups in total. The van der Waals surface area contributed by atoms with Crippen molar-refractivity contribution in [2.45, 2.75) is 31.1 Å². The predicted octanol–water partition coefficient (Wildman–Crippen LogP) is 1.96. The standard InChI is InChI=1S/C16H19FN2O4S/c1-10(15(21)19-8-2-3-13(19)16(22)23)24-9-14(20)18-12-6-4-11(17)5-7-12/h4-7,10,13H,2-3,8-9H2,1H3,(H,18,20)(H,22,23)/t10?,13-/m1/s1. The summed E-state index contributed by atoms with van der Waals surface area (Å²) in [6, 6.07) is 4.62. The first kappa shape index (κ1) is 18.3. The second-order valence-electron chi connectivity index (χ2n) is 5.54. The van der Waals surface area contributed by atoms with Crippen molar-refractivity contribution in [1.29, 1.82) is 0 Å². The van der Waals surface area contributed by atoms with Crippen molar-refractivity contribution in [2.24, 2.45) is 0 Å². The minimum atomic E-state index is -0.993. The third-order valence-electron chi connectivity index (χ3n) is 3.76. The summed E-state index contributed by atoms with van der Waals surface area (Å²) in [4.78, 5) is 36.7. The number of aliphatic carboxylic acids is 1. The van der Waals surface area contributed by atoms with Crippen LogP contribution >= 0.6 is 11.8 Å². The average Bonchev–Trinajstić information content (AvgIpc) is 3.04. The van der Waals surface area contributed by atoms with Gasteiger partial charge in [-0.3, -0.25) is 9.59 Å². The van der Waals surface area contributed by atoms with E-state index in [-0.39, 0.29) is 23.4 Å². The first-order valence-corrected chi connectivity index (χ1v) is 8.63. The molecule has 0 radical (unpaired) electrons. The number of nitrogens with zero attached hydrogens (tertiary/aromatic N) is 1. The molecule has 2 atom stereocenters. The molecule has 0 spiro atoms. The van der Waals surface area contributed by atoms with Gasteiger partial charge in [-0.05, 0) is 44.0 Å². The van der Waals surface area contributed by atoms with E-state index in [0.29, 0.717) is 25.1 Å². The van der Waals surface area contributed by atoms with E-state index in [1.165, 1.54) is 29.2 Å². The van der Waals surface area contributed by atoms with Crippen LogP contribution in [0.1, 0.15) is 19.8 Å². The van der Waals surface area contributed by atoms with Crippen LogP contribution in [-0.2, 0) is 14.4 Å². The summed E-state index contributed by atoms with van der Waals surface area (Å²) in [5.41, 5.74) is 0.478. The molecule has 1 aliphatic heterocycles. The molecule has 1 aliphatic rings. The van der Waals surface area contributed by atoms with E-state index < -0.39 is 17.3 Å². The molecule has 1 saturated heterocycles. The van der Waals surface area contributed by atoms with Gasteiger partial charge in [0.15, 0.2) is 0 Å². The topological polar surface area (TPSA) is 86.7 Å². The number of hydrogen-bond donors (Lipinski definition) is 2. The van der Waals surface area contributed by atoms with Crippen molar-refractivity contribution >= 4 is 35.2 Å². The highest BCUT2D eigenvalue weighted by atomic mass is 32.2. The Morgan fingerprint density at radius 1 is 1.38 bits per heavy atom. The zero-order valence-electron chi connectivity index (χ0n) is 13.2. The van der Waals surface area contributed by atoms with Gasteiger partial charge < -0.3 is 15.3 Å². The monoisotopic (exact) mass is 354 g/mol. The van der Waals surface area contributed by atoms with Gasteiger partial charge >= 0.3 is 5.97 Å². The number of carboxylic acids is 1. The highest BCUT2D eigenvalue weighted by Gasteiger charge is 2.35. The zero-order chi connectivity index (χ0) is 17.7. The normalized spacial score (nSPS) is 18.2. The van der Waals surface area contributed by atoms with E-state index in [4.69, 9.17) is 5.11 Å². The first-order valence-electron chi connectivity index (χ1n) is 7.59. The number of thioether (sulfide) groups is 1. The van der Waals surface area contributed by atoms with Gasteiger partial charge in [0, 0.05) is 12.2 Å². The zero-order valence-corrected chi connectivity index (χ0v) is 14.0. The van der Waals surface area contributed by atoms with E-state index in [9.17, 15) is 18.8 Å². The molecular weight excluding hydrogens is 335 g/mol. The molecule has 24 heavy (non-hydrogen) atoms. The summed E-state index contributed by atoms with van der Waals surface area (Å²) in [7, 11) is 0. The third kappa shape index (κ3) is 4.70. The molecule has 1 fully saturated rings. The number of carboxylic acid groups (broad SMARTS) is 1. The lowest BCUT2D eigenvalue weighted by atomic mass is 10.2. The fraction of sp³-hybridized carbons (Fsp3) is 0.438. The largest absolute Gasteiger partial charge is 0.480 e. The molecule has 2 amide bonds. The summed E-state index contributed by atoms with van der Waals surface area (Å²) in [5, 5.41) is 11.2. The predicted molar refractivity (Wildman–Crippen MR) is 89.3 cm³/mol. The number of anilines is 1. The van der Waals surface area contributed by atoms with Crippen LogP contribution in [0.4, 0.5) is 10.1 Å². The van der Waals surface area contributed by atoms with E-state index in [1.807, 2.05) is 0 Å². The van der Waals surface area contributed by atoms with Crippen molar-refractivity contribution < 1.29 is 23.9 Å². The lowest BCUT2D eigenvalue weighted by molar-refractivity contribution is -0.147. The Morgan fingerprint density at radius 2 is 2.04 bits per heavy atom. The van der Waals surface area contributed by atoms with Crippen molar-refractivity contribution in [3.8, 4) is 0 Å². The number of halogens is 1. The fourth-order valence-electron chi connectivity index (χ4n) is 2.52. The molecule has 1 heterocycles. The molecule has 1 unspecified atom stereocenters. The van der Waals surface area contributed by atoms with Gasteiger partial charge in [-0.2, -0.15) is 0 Å². The molecule has 0 bridgehead atoms. The number of nitrogens with one attached hydrogen (secondary N) is 1. The maximum atomic E-state index is 12.8. The Hall–Kier alpha value is -2.09. The van der Waals surface area contributed by atoms with Crippen LogP contribution in [-0.4, -0.2) is 51.4 Å². The van der Waals surface area contributed by atoms with Crippen molar-refractivity contribution in [2.75, 3.05) is 17.6 Å². The van der Waals surface area contributed by atoms with Gasteiger partial charge in [-0.1, -0.05) is 0 Å². The summed E-state index contributed by atoms with van der Waals surface area (Å²) in [5.74, 6) is -1.90. The van der Waals surface area contributed by atoms with E-state index in [2.05, 4.69) is 5.32 Å². The number of hydrogen-bond acceptors (Lipinski definition) is 4. The molecule has 1 aromatic carbocycles. The Labute approximate surface area is 143 Å². The minimum absolute atomic E-state index is 0.0514. The van der Waals surface area contributed by atoms with Gasteiger partial charge in [0.05, 0.1) is 11.0 Å². The van der Waals surface area contributed by atoms with Crippen LogP contribution in [0, 0.1) is 5.82 Å². The van der Waals surface area contributed by atoms with Gasteiger partial charge in [0.1, 0.15) is 11.9 Å². The third-order valence-corrected chi connectivity index (χ3v) is 4.89. The number of amides is 2. The Kier molecular flexibility index (Phi) is 6.19. The second-order valence-corrected chi connectivity index (χ2v) is 6.87. The van der Waals surface area contributed by atoms with Crippen LogP contribution in [0.15, 0.2) is 24.3 Å². The van der Waals surface area contributed by atoms with Gasteiger partial charge in [0.25, 0.3) is 0 Å². The lowest BCUT2D eigenvalue weighted by Gasteiger charge is -2.24. The molecule has 0 aliphatic carbocycles. The summed E-state index contributed by atoms with van der Waals surface area (Å²) < 4.78 is 12.8. The maximum absolute atomic E-state index is 12.8. The molecule has 1 aromatic rings. The number of carbonyl (C=O) groups is 3. The van der Waals surface area contributed by atoms with Crippen LogP contribution in [0.2, 0.25) is 0 Å². The Bertz CT molecular complexity index is 623. The molecule has 0 saturated carbocycles. The van der Waals surface area contributed by atoms with E-state index in [0.717, 1.165) is 11.8 Å². The molecule has 8 heteroatoms. The van der Waals surface area contributed by atoms with Gasteiger partial charge in [-0.15, -0.1) is 11.8 Å². The summed E-state index contributed by atoms with van der Waals surface area (Å²) in [6.07, 6.45) is 1.13. The SMILES string of the molecule is CC(SCC(=O)Nc1ccc(F)cc1)C(=O)N1CCC[C@@H]1C(=O)O. The smallest absolute Gasteiger partial charge is 0.326 e. The molecule has 130 valence electrons. The Morgan fingerprint density at radius 3 is 2.67 bits per heavy atom. The van der Waals surface area contributed by atoms with Gasteiger partial charge in [0.2, 0.25) is 11.8 Å². The lowest BCUT2D eigenvalue weighted by Crippen LogP contribution is -2.44. The molecular formula is C16H19FN2O4S. The van der Waals surface area contributed by atoms with Crippen molar-refractivity contribution in [1.82, 2.24) is 4.90 Å². The highest BCUT2D eigenvalue weighted by molar-refractivity contribution is 8.01. The highest BCUT2D eigenvalue weighted by Crippen LogP contribution is 2.22. The average molecular weight is 354 g/mol. The van der Waals surface area contributed by atoms with Crippen LogP contribution < -0.4 is 5.32 Å². The first-order chi connectivity index (χ1) is 11.4. The molecule has 2 rings (SSSR count). The number of rotatable bonds is 6. The Balaban J connectivity index is 1.82.